The molecule has 0 spiro atoms. The lowest BCUT2D eigenvalue weighted by Gasteiger charge is -2.41. The van der Waals surface area contributed by atoms with E-state index in [-0.39, 0.29) is 17.9 Å². The molecule has 4 fully saturated rings. The predicted molar refractivity (Wildman–Crippen MR) is 88.8 cm³/mol. The van der Waals surface area contributed by atoms with Crippen molar-refractivity contribution in [2.24, 2.45) is 17.8 Å². The largest absolute Gasteiger partial charge is 0.321 e. The molecule has 4 aliphatic carbocycles. The van der Waals surface area contributed by atoms with Crippen LogP contribution in [0.2, 0.25) is 0 Å². The maximum absolute atomic E-state index is 12.2. The molecule has 2 N–H and O–H groups in total. The number of hydrogen-bond acceptors (Lipinski definition) is 5. The molecule has 1 aromatic heterocycles. The first kappa shape index (κ1) is 14.9. The molecule has 5 nitrogen and oxygen atoms in total. The zero-order valence-electron chi connectivity index (χ0n) is 13.1. The summed E-state index contributed by atoms with van der Waals surface area (Å²) in [7, 11) is 0. The van der Waals surface area contributed by atoms with E-state index in [2.05, 4.69) is 15.6 Å². The maximum Gasteiger partial charge on any atom is 0.229 e. The average molecular weight is 330 g/mol. The zero-order chi connectivity index (χ0) is 15.8. The second-order valence-electron chi connectivity index (χ2n) is 7.30. The van der Waals surface area contributed by atoms with Gasteiger partial charge in [-0.1, -0.05) is 12.8 Å². The number of carbonyl (C=O) groups is 1. The SMILES string of the molecule is N#CN[C@H]1C[C@H](C(=O)Nc2ncc([C@H]3CC4CCC3CC4)s2)C1. The van der Waals surface area contributed by atoms with E-state index in [1.807, 2.05) is 12.4 Å². The Hall–Kier alpha value is -1.61. The first-order chi connectivity index (χ1) is 11.2. The number of aromatic nitrogens is 1. The van der Waals surface area contributed by atoms with Gasteiger partial charge in [0.25, 0.3) is 0 Å². The van der Waals surface area contributed by atoms with Crippen molar-refractivity contribution in [3.8, 4) is 6.19 Å². The second kappa shape index (κ2) is 6.12. The Labute approximate surface area is 140 Å². The van der Waals surface area contributed by atoms with Gasteiger partial charge in [0.05, 0.1) is 0 Å². The van der Waals surface area contributed by atoms with Gasteiger partial charge in [0.2, 0.25) is 5.91 Å². The first-order valence-corrected chi connectivity index (χ1v) is 9.45. The Morgan fingerprint density at radius 3 is 2.70 bits per heavy atom. The van der Waals surface area contributed by atoms with Crippen LogP contribution in [-0.2, 0) is 4.79 Å². The summed E-state index contributed by atoms with van der Waals surface area (Å²) in [5.41, 5.74) is 0. The first-order valence-electron chi connectivity index (χ1n) is 8.64. The number of nitrogens with zero attached hydrogens (tertiary/aromatic N) is 2. The molecule has 1 atom stereocenters. The summed E-state index contributed by atoms with van der Waals surface area (Å²) in [6, 6.07) is 0.167. The number of carbonyl (C=O) groups excluding carboxylic acids is 1. The Morgan fingerprint density at radius 1 is 1.26 bits per heavy atom. The summed E-state index contributed by atoms with van der Waals surface area (Å²) >= 11 is 1.66. The number of rotatable bonds is 4. The lowest BCUT2D eigenvalue weighted by Crippen LogP contribution is -2.44. The van der Waals surface area contributed by atoms with Crippen LogP contribution < -0.4 is 10.6 Å². The van der Waals surface area contributed by atoms with E-state index >= 15 is 0 Å². The third-order valence-corrected chi connectivity index (χ3v) is 6.99. The van der Waals surface area contributed by atoms with E-state index < -0.39 is 0 Å². The van der Waals surface area contributed by atoms with Gasteiger partial charge in [-0.2, -0.15) is 5.26 Å². The van der Waals surface area contributed by atoms with Crippen molar-refractivity contribution in [1.82, 2.24) is 10.3 Å². The van der Waals surface area contributed by atoms with Crippen molar-refractivity contribution in [2.75, 3.05) is 5.32 Å². The highest BCUT2D eigenvalue weighted by Gasteiger charge is 2.38. The molecule has 1 aromatic rings. The molecule has 1 amide bonds. The molecule has 0 saturated heterocycles. The molecule has 0 aromatic carbocycles. The average Bonchev–Trinajstić information content (AvgIpc) is 2.99. The summed E-state index contributed by atoms with van der Waals surface area (Å²) in [4.78, 5) is 18.0. The summed E-state index contributed by atoms with van der Waals surface area (Å²) in [5.74, 6) is 2.46. The normalized spacial score (nSPS) is 35.2. The third-order valence-electron chi connectivity index (χ3n) is 5.94. The highest BCUT2D eigenvalue weighted by atomic mass is 32.1. The van der Waals surface area contributed by atoms with E-state index in [1.165, 1.54) is 37.0 Å². The van der Waals surface area contributed by atoms with Crippen LogP contribution in [0.15, 0.2) is 6.20 Å². The van der Waals surface area contributed by atoms with E-state index in [0.29, 0.717) is 5.92 Å². The lowest BCUT2D eigenvalue weighted by atomic mass is 9.64. The van der Waals surface area contributed by atoms with E-state index in [1.54, 1.807) is 11.3 Å². The van der Waals surface area contributed by atoms with Gasteiger partial charge in [-0.3, -0.25) is 4.79 Å². The van der Waals surface area contributed by atoms with Gasteiger partial charge in [-0.05, 0) is 49.9 Å². The fourth-order valence-corrected chi connectivity index (χ4v) is 5.52. The van der Waals surface area contributed by atoms with E-state index in [9.17, 15) is 4.79 Å². The molecule has 5 rings (SSSR count). The molecule has 122 valence electrons. The minimum atomic E-state index is 0.0129. The third kappa shape index (κ3) is 2.94. The van der Waals surface area contributed by atoms with Crippen molar-refractivity contribution in [3.63, 3.8) is 0 Å². The molecule has 0 aliphatic heterocycles. The van der Waals surface area contributed by atoms with Crippen LogP contribution in [0.3, 0.4) is 0 Å². The van der Waals surface area contributed by atoms with Crippen LogP contribution in [0, 0.1) is 29.2 Å². The van der Waals surface area contributed by atoms with Crippen LogP contribution in [-0.4, -0.2) is 16.9 Å². The van der Waals surface area contributed by atoms with Crippen LogP contribution in [0.4, 0.5) is 5.13 Å². The number of anilines is 1. The van der Waals surface area contributed by atoms with E-state index in [0.717, 1.165) is 29.8 Å². The van der Waals surface area contributed by atoms with Crippen molar-refractivity contribution < 1.29 is 4.79 Å². The molecule has 23 heavy (non-hydrogen) atoms. The monoisotopic (exact) mass is 330 g/mol. The van der Waals surface area contributed by atoms with Gasteiger partial charge in [0, 0.05) is 23.0 Å². The number of amides is 1. The lowest BCUT2D eigenvalue weighted by molar-refractivity contribution is -0.122. The molecule has 4 saturated carbocycles. The Bertz CT molecular complexity index is 623. The molecule has 0 unspecified atom stereocenters. The Morgan fingerprint density at radius 2 is 2.04 bits per heavy atom. The summed E-state index contributed by atoms with van der Waals surface area (Å²) in [6.45, 7) is 0. The second-order valence-corrected chi connectivity index (χ2v) is 8.36. The molecule has 6 heteroatoms. The summed E-state index contributed by atoms with van der Waals surface area (Å²) in [5, 5.41) is 15.0. The van der Waals surface area contributed by atoms with Gasteiger partial charge < -0.3 is 10.6 Å². The standard InChI is InChI=1S/C17H22N4OS/c18-9-20-13-6-12(7-13)16(22)21-17-19-8-15(23-17)14-5-10-1-3-11(14)4-2-10/h8,10-14,20H,1-7H2,(H,19,21,22)/t10?,11?,12-,13-,14-/m0/s1. The number of hydrogen-bond donors (Lipinski definition) is 2. The quantitative estimate of drug-likeness (QED) is 0.656. The highest BCUT2D eigenvalue weighted by molar-refractivity contribution is 7.15. The molecule has 1 heterocycles. The van der Waals surface area contributed by atoms with Gasteiger partial charge in [0.1, 0.15) is 0 Å². The van der Waals surface area contributed by atoms with Crippen molar-refractivity contribution >= 4 is 22.4 Å². The number of nitrogens with one attached hydrogen (secondary N) is 2. The van der Waals surface area contributed by atoms with Crippen LogP contribution in [0.5, 0.6) is 0 Å². The highest BCUT2D eigenvalue weighted by Crippen LogP contribution is 2.50. The van der Waals surface area contributed by atoms with Gasteiger partial charge in [-0.25, -0.2) is 4.98 Å². The van der Waals surface area contributed by atoms with Gasteiger partial charge >= 0.3 is 0 Å². The topological polar surface area (TPSA) is 77.8 Å². The van der Waals surface area contributed by atoms with Gasteiger partial charge in [0.15, 0.2) is 11.3 Å². The van der Waals surface area contributed by atoms with Crippen LogP contribution in [0.1, 0.15) is 55.7 Å². The minimum absolute atomic E-state index is 0.0129. The maximum atomic E-state index is 12.2. The van der Waals surface area contributed by atoms with Crippen molar-refractivity contribution in [2.45, 2.75) is 56.9 Å². The number of nitriles is 1. The smallest absolute Gasteiger partial charge is 0.229 e. The summed E-state index contributed by atoms with van der Waals surface area (Å²) < 4.78 is 0. The zero-order valence-corrected chi connectivity index (χ0v) is 13.9. The van der Waals surface area contributed by atoms with E-state index in [4.69, 9.17) is 5.26 Å². The fraction of sp³-hybridized carbons (Fsp3) is 0.706. The number of fused-ring (bicyclic) bond motifs is 3. The molecular formula is C17H22N4OS. The van der Waals surface area contributed by atoms with Crippen LogP contribution in [0.25, 0.3) is 0 Å². The van der Waals surface area contributed by atoms with Crippen molar-refractivity contribution in [1.29, 1.82) is 5.26 Å². The molecule has 2 bridgehead atoms. The predicted octanol–water partition coefficient (Wildman–Crippen LogP) is 3.22. The van der Waals surface area contributed by atoms with Gasteiger partial charge in [-0.15, -0.1) is 11.3 Å². The number of thiazole rings is 1. The minimum Gasteiger partial charge on any atom is -0.321 e. The Balaban J connectivity index is 1.34. The fourth-order valence-electron chi connectivity index (χ4n) is 4.49. The van der Waals surface area contributed by atoms with Crippen LogP contribution >= 0.6 is 11.3 Å². The van der Waals surface area contributed by atoms with Crippen molar-refractivity contribution in [3.05, 3.63) is 11.1 Å². The molecular weight excluding hydrogens is 308 g/mol. The molecule has 0 radical (unpaired) electrons. The molecule has 4 aliphatic rings. The Kier molecular flexibility index (Phi) is 3.98. The summed E-state index contributed by atoms with van der Waals surface area (Å²) in [6.07, 6.45) is 12.3.